The lowest BCUT2D eigenvalue weighted by atomic mass is 9.82. The average molecular weight is 452 g/mol. The Kier molecular flexibility index (Phi) is 3.61. The van der Waals surface area contributed by atoms with Crippen molar-refractivity contribution in [2.75, 3.05) is 0 Å². The summed E-state index contributed by atoms with van der Waals surface area (Å²) in [5, 5.41) is 5.01. The maximum Gasteiger partial charge on any atom is 0.159 e. The second-order valence-corrected chi connectivity index (χ2v) is 10.5. The van der Waals surface area contributed by atoms with E-state index in [0.717, 1.165) is 29.5 Å². The fraction of sp³-hybridized carbons (Fsp3) is 0.152. The Morgan fingerprint density at radius 3 is 2.43 bits per heavy atom. The summed E-state index contributed by atoms with van der Waals surface area (Å²) in [5.41, 5.74) is 11.0. The van der Waals surface area contributed by atoms with Gasteiger partial charge in [0.15, 0.2) is 5.58 Å². The Morgan fingerprint density at radius 2 is 1.49 bits per heavy atom. The molecule has 0 amide bonds. The number of hydrogen-bond donors (Lipinski definition) is 0. The Balaban J connectivity index is 1.54. The lowest BCUT2D eigenvalue weighted by Crippen LogP contribution is -2.21. The highest BCUT2D eigenvalue weighted by atomic mass is 16.3. The molecule has 0 unspecified atom stereocenters. The number of hydrogen-bond acceptors (Lipinski definition) is 1. The standard InChI is InChI=1S/C33H25NO/c1-33(2)26-14-6-3-10-20(26)24-18-25-21-11-4-7-15-28(21)34(30(25)19-27(24)33)29-16-9-13-23-22-12-5-8-17-31(22)35-32(23)29/h3-4,6-7,9-19H,5,8H2,1-2H3. The smallest absolute Gasteiger partial charge is 0.159 e. The van der Waals surface area contributed by atoms with E-state index in [4.69, 9.17) is 4.42 Å². The minimum absolute atomic E-state index is 0.0406. The molecule has 0 radical (unpaired) electrons. The van der Waals surface area contributed by atoms with E-state index in [1.165, 1.54) is 54.7 Å². The first kappa shape index (κ1) is 19.3. The molecule has 168 valence electrons. The van der Waals surface area contributed by atoms with Gasteiger partial charge in [-0.15, -0.1) is 0 Å². The van der Waals surface area contributed by atoms with Crippen molar-refractivity contribution in [3.8, 4) is 16.8 Å². The molecular weight excluding hydrogens is 426 g/mol. The second-order valence-electron chi connectivity index (χ2n) is 10.5. The SMILES string of the molecule is CC1(C)c2ccccc2-c2cc3c4ccccc4n(-c4cccc5c6c(oc45)=CCCC=6)c3cc21. The van der Waals surface area contributed by atoms with Crippen molar-refractivity contribution < 1.29 is 4.42 Å². The second kappa shape index (κ2) is 6.55. The van der Waals surface area contributed by atoms with Gasteiger partial charge in [-0.2, -0.15) is 0 Å². The molecule has 0 aliphatic heterocycles. The van der Waals surface area contributed by atoms with Crippen molar-refractivity contribution in [3.05, 3.63) is 101 Å². The number of fused-ring (bicyclic) bond motifs is 9. The van der Waals surface area contributed by atoms with E-state index in [-0.39, 0.29) is 5.41 Å². The summed E-state index contributed by atoms with van der Waals surface area (Å²) < 4.78 is 8.94. The van der Waals surface area contributed by atoms with Gasteiger partial charge in [0, 0.05) is 26.8 Å². The van der Waals surface area contributed by atoms with Crippen LogP contribution in [0, 0.1) is 0 Å². The lowest BCUT2D eigenvalue weighted by molar-refractivity contribution is 0.570. The molecule has 35 heavy (non-hydrogen) atoms. The lowest BCUT2D eigenvalue weighted by Gasteiger charge is -2.21. The van der Waals surface area contributed by atoms with E-state index in [1.54, 1.807) is 0 Å². The van der Waals surface area contributed by atoms with Crippen molar-refractivity contribution in [1.82, 2.24) is 4.57 Å². The van der Waals surface area contributed by atoms with Gasteiger partial charge in [0.25, 0.3) is 0 Å². The van der Waals surface area contributed by atoms with Crippen molar-refractivity contribution in [1.29, 1.82) is 0 Å². The molecule has 0 atom stereocenters. The van der Waals surface area contributed by atoms with Crippen LogP contribution < -0.4 is 10.6 Å². The van der Waals surface area contributed by atoms with Crippen LogP contribution in [-0.4, -0.2) is 4.57 Å². The Morgan fingerprint density at radius 1 is 0.686 bits per heavy atom. The summed E-state index contributed by atoms with van der Waals surface area (Å²) in [6, 6.07) is 29.1. The van der Waals surface area contributed by atoms with E-state index in [0.29, 0.717) is 0 Å². The van der Waals surface area contributed by atoms with Crippen LogP contribution in [0.3, 0.4) is 0 Å². The van der Waals surface area contributed by atoms with E-state index in [1.807, 2.05) is 0 Å². The predicted octanol–water partition coefficient (Wildman–Crippen LogP) is 7.19. The minimum atomic E-state index is -0.0406. The van der Waals surface area contributed by atoms with Crippen molar-refractivity contribution >= 4 is 44.9 Å². The maximum absolute atomic E-state index is 6.52. The number of nitrogens with zero attached hydrogens (tertiary/aromatic N) is 1. The zero-order valence-corrected chi connectivity index (χ0v) is 19.9. The van der Waals surface area contributed by atoms with E-state index in [2.05, 4.69) is 109 Å². The number of rotatable bonds is 1. The third-order valence-electron chi connectivity index (χ3n) is 8.22. The molecule has 2 aromatic heterocycles. The van der Waals surface area contributed by atoms with Crippen LogP contribution in [0.25, 0.3) is 61.7 Å². The third kappa shape index (κ3) is 2.39. The Labute approximate surface area is 203 Å². The largest absolute Gasteiger partial charge is 0.454 e. The van der Waals surface area contributed by atoms with Crippen LogP contribution in [0.5, 0.6) is 0 Å². The van der Waals surface area contributed by atoms with Crippen LogP contribution in [0.4, 0.5) is 0 Å². The Bertz CT molecular complexity index is 1980. The first-order valence-electron chi connectivity index (χ1n) is 12.5. The van der Waals surface area contributed by atoms with Crippen molar-refractivity contribution in [2.24, 2.45) is 0 Å². The first-order valence-corrected chi connectivity index (χ1v) is 12.5. The zero-order valence-electron chi connectivity index (χ0n) is 19.9. The quantitative estimate of drug-likeness (QED) is 0.259. The number of benzene rings is 4. The van der Waals surface area contributed by atoms with E-state index < -0.39 is 0 Å². The molecule has 8 rings (SSSR count). The molecule has 6 aromatic rings. The first-order chi connectivity index (χ1) is 17.1. The van der Waals surface area contributed by atoms with Crippen LogP contribution in [0.15, 0.2) is 83.3 Å². The van der Waals surface area contributed by atoms with Gasteiger partial charge in [0.05, 0.1) is 16.7 Å². The van der Waals surface area contributed by atoms with Gasteiger partial charge < -0.3 is 8.98 Å². The fourth-order valence-corrected chi connectivity index (χ4v) is 6.54. The molecule has 4 aromatic carbocycles. The van der Waals surface area contributed by atoms with Gasteiger partial charge in [-0.05, 0) is 65.4 Å². The summed E-state index contributed by atoms with van der Waals surface area (Å²) >= 11 is 0. The summed E-state index contributed by atoms with van der Waals surface area (Å²) in [7, 11) is 0. The van der Waals surface area contributed by atoms with Gasteiger partial charge in [0.2, 0.25) is 0 Å². The normalized spacial score (nSPS) is 15.6. The van der Waals surface area contributed by atoms with Gasteiger partial charge in [-0.1, -0.05) is 74.5 Å². The van der Waals surface area contributed by atoms with E-state index in [9.17, 15) is 0 Å². The fourth-order valence-electron chi connectivity index (χ4n) is 6.54. The van der Waals surface area contributed by atoms with E-state index >= 15 is 0 Å². The molecule has 2 nitrogen and oxygen atoms in total. The summed E-state index contributed by atoms with van der Waals surface area (Å²) in [6.45, 7) is 4.70. The molecule has 0 saturated carbocycles. The summed E-state index contributed by atoms with van der Waals surface area (Å²) in [4.78, 5) is 0. The maximum atomic E-state index is 6.52. The monoisotopic (exact) mass is 451 g/mol. The highest BCUT2D eigenvalue weighted by molar-refractivity contribution is 6.12. The predicted molar refractivity (Wildman–Crippen MR) is 146 cm³/mol. The molecule has 0 N–H and O–H groups in total. The highest BCUT2D eigenvalue weighted by Crippen LogP contribution is 2.51. The Hall–Kier alpha value is -4.04. The molecular formula is C33H25NO. The number of para-hydroxylation sites is 2. The van der Waals surface area contributed by atoms with Crippen LogP contribution in [0.2, 0.25) is 0 Å². The van der Waals surface area contributed by atoms with Gasteiger partial charge >= 0.3 is 0 Å². The molecule has 0 spiro atoms. The number of furan rings is 1. The van der Waals surface area contributed by atoms with Crippen LogP contribution >= 0.6 is 0 Å². The highest BCUT2D eigenvalue weighted by Gasteiger charge is 2.36. The van der Waals surface area contributed by atoms with Gasteiger partial charge in [-0.3, -0.25) is 0 Å². The average Bonchev–Trinajstić information content (AvgIpc) is 3.50. The summed E-state index contributed by atoms with van der Waals surface area (Å²) in [5.74, 6) is 0. The molecule has 2 heteroatoms. The molecule has 2 heterocycles. The molecule has 2 aliphatic rings. The third-order valence-corrected chi connectivity index (χ3v) is 8.22. The topological polar surface area (TPSA) is 18.1 Å². The number of aromatic nitrogens is 1. The van der Waals surface area contributed by atoms with Gasteiger partial charge in [-0.25, -0.2) is 0 Å². The molecule has 2 aliphatic carbocycles. The minimum Gasteiger partial charge on any atom is -0.454 e. The zero-order chi connectivity index (χ0) is 23.3. The molecule has 0 saturated heterocycles. The molecule has 0 fully saturated rings. The summed E-state index contributed by atoms with van der Waals surface area (Å²) in [6.07, 6.45) is 6.67. The van der Waals surface area contributed by atoms with Crippen molar-refractivity contribution in [3.63, 3.8) is 0 Å². The van der Waals surface area contributed by atoms with Crippen molar-refractivity contribution in [2.45, 2.75) is 32.1 Å². The molecule has 0 bridgehead atoms. The van der Waals surface area contributed by atoms with Crippen LogP contribution in [-0.2, 0) is 5.41 Å². The van der Waals surface area contributed by atoms with Gasteiger partial charge in [0.1, 0.15) is 5.42 Å². The van der Waals surface area contributed by atoms with Crippen LogP contribution in [0.1, 0.15) is 37.8 Å².